The van der Waals surface area contributed by atoms with Crippen molar-refractivity contribution in [1.29, 1.82) is 0 Å². The van der Waals surface area contributed by atoms with E-state index in [4.69, 9.17) is 10.3 Å². The highest BCUT2D eigenvalue weighted by atomic mass is 32.2. The van der Waals surface area contributed by atoms with Crippen molar-refractivity contribution < 1.29 is 17.8 Å². The molecule has 0 aliphatic heterocycles. The summed E-state index contributed by atoms with van der Waals surface area (Å²) in [6.45, 7) is 2.21. The number of nitrogens with two attached hydrogens (primary N) is 1. The Hall–Kier alpha value is -0.460. The van der Waals surface area contributed by atoms with Crippen LogP contribution in [0.3, 0.4) is 0 Å². The van der Waals surface area contributed by atoms with Crippen LogP contribution in [0.5, 0.6) is 0 Å². The minimum atomic E-state index is -4.22. The fourth-order valence-corrected chi connectivity index (χ4v) is 2.63. The van der Waals surface area contributed by atoms with E-state index < -0.39 is 15.5 Å². The van der Waals surface area contributed by atoms with Crippen molar-refractivity contribution >= 4 is 15.9 Å². The van der Waals surface area contributed by atoms with Gasteiger partial charge in [-0.05, 0) is 12.8 Å². The molecule has 0 rings (SSSR count). The maximum Gasteiger partial charge on any atom is 0.280 e. The Kier molecular flexibility index (Phi) is 11.9. The van der Waals surface area contributed by atoms with Crippen LogP contribution in [0, 0.1) is 0 Å². The summed E-state index contributed by atoms with van der Waals surface area (Å²) in [6.07, 6.45) is 11.4. The largest absolute Gasteiger partial charge is 0.313 e. The summed E-state index contributed by atoms with van der Waals surface area (Å²) in [7, 11) is -4.22. The number of ketones is 1. The summed E-state index contributed by atoms with van der Waals surface area (Å²) < 4.78 is 30.1. The van der Waals surface area contributed by atoms with Gasteiger partial charge in [0.2, 0.25) is 0 Å². The minimum Gasteiger partial charge on any atom is -0.313 e. The van der Waals surface area contributed by atoms with Gasteiger partial charge in [-0.15, -0.1) is 0 Å². The SMILES string of the molecule is CCCCCCCCCCCC(=O)CCC(N)S(=O)(=O)O. The van der Waals surface area contributed by atoms with Crippen LogP contribution >= 0.6 is 0 Å². The molecule has 1 unspecified atom stereocenters. The molecule has 0 aromatic heterocycles. The van der Waals surface area contributed by atoms with E-state index in [1.54, 1.807) is 0 Å². The van der Waals surface area contributed by atoms with Gasteiger partial charge in [0, 0.05) is 12.8 Å². The van der Waals surface area contributed by atoms with Gasteiger partial charge in [0.15, 0.2) is 0 Å². The third-order valence-electron chi connectivity index (χ3n) is 3.65. The first-order valence-electron chi connectivity index (χ1n) is 8.11. The van der Waals surface area contributed by atoms with Crippen molar-refractivity contribution in [3.05, 3.63) is 0 Å². The number of unbranched alkanes of at least 4 members (excludes halogenated alkanes) is 8. The van der Waals surface area contributed by atoms with E-state index in [1.807, 2.05) is 0 Å². The highest BCUT2D eigenvalue weighted by Gasteiger charge is 2.18. The lowest BCUT2D eigenvalue weighted by Gasteiger charge is -2.07. The molecule has 0 amide bonds. The quantitative estimate of drug-likeness (QED) is 0.377. The fourth-order valence-electron chi connectivity index (χ4n) is 2.21. The number of rotatable bonds is 14. The number of hydrogen-bond acceptors (Lipinski definition) is 4. The molecule has 1 atom stereocenters. The van der Waals surface area contributed by atoms with Crippen molar-refractivity contribution in [3.8, 4) is 0 Å². The smallest absolute Gasteiger partial charge is 0.280 e. The number of carbonyl (C=O) groups is 1. The first-order valence-corrected chi connectivity index (χ1v) is 9.61. The molecule has 0 saturated heterocycles. The zero-order valence-electron chi connectivity index (χ0n) is 13.2. The van der Waals surface area contributed by atoms with Gasteiger partial charge in [0.1, 0.15) is 11.2 Å². The molecule has 0 bridgehead atoms. The van der Waals surface area contributed by atoms with Gasteiger partial charge in [0.05, 0.1) is 0 Å². The molecule has 21 heavy (non-hydrogen) atoms. The molecule has 5 nitrogen and oxygen atoms in total. The lowest BCUT2D eigenvalue weighted by Crippen LogP contribution is -2.30. The topological polar surface area (TPSA) is 97.5 Å². The molecule has 0 spiro atoms. The number of hydrogen-bond donors (Lipinski definition) is 2. The van der Waals surface area contributed by atoms with Crippen LogP contribution < -0.4 is 5.73 Å². The van der Waals surface area contributed by atoms with Crippen LogP contribution in [0.4, 0.5) is 0 Å². The molecule has 0 heterocycles. The second-order valence-corrected chi connectivity index (χ2v) is 7.34. The Morgan fingerprint density at radius 1 is 0.952 bits per heavy atom. The molecular formula is C15H31NO4S. The van der Waals surface area contributed by atoms with Crippen LogP contribution in [-0.4, -0.2) is 24.1 Å². The van der Waals surface area contributed by atoms with E-state index in [2.05, 4.69) is 6.92 Å². The van der Waals surface area contributed by atoms with Gasteiger partial charge < -0.3 is 5.73 Å². The lowest BCUT2D eigenvalue weighted by molar-refractivity contribution is -0.119. The Balaban J connectivity index is 3.42. The molecule has 0 fully saturated rings. The number of carbonyl (C=O) groups excluding carboxylic acids is 1. The van der Waals surface area contributed by atoms with E-state index in [0.717, 1.165) is 19.3 Å². The second kappa shape index (κ2) is 12.1. The monoisotopic (exact) mass is 321 g/mol. The van der Waals surface area contributed by atoms with Crippen molar-refractivity contribution in [2.24, 2.45) is 5.73 Å². The van der Waals surface area contributed by atoms with Crippen LogP contribution in [0.1, 0.15) is 84.0 Å². The highest BCUT2D eigenvalue weighted by Crippen LogP contribution is 2.12. The summed E-state index contributed by atoms with van der Waals surface area (Å²) in [5.41, 5.74) is 5.25. The van der Waals surface area contributed by atoms with E-state index in [9.17, 15) is 13.2 Å². The second-order valence-electron chi connectivity index (χ2n) is 5.71. The molecule has 0 saturated carbocycles. The first kappa shape index (κ1) is 20.5. The standard InChI is InChI=1S/C15H31NO4S/c1-2-3-4-5-6-7-8-9-10-11-14(17)12-13-15(16)21(18,19)20/h15H,2-13,16H2,1H3,(H,18,19,20). The third kappa shape index (κ3) is 13.0. The van der Waals surface area contributed by atoms with Gasteiger partial charge in [-0.1, -0.05) is 58.3 Å². The van der Waals surface area contributed by atoms with Crippen LogP contribution in [0.15, 0.2) is 0 Å². The third-order valence-corrected chi connectivity index (χ3v) is 4.65. The van der Waals surface area contributed by atoms with Crippen molar-refractivity contribution in [3.63, 3.8) is 0 Å². The fraction of sp³-hybridized carbons (Fsp3) is 0.933. The predicted molar refractivity (Wildman–Crippen MR) is 85.6 cm³/mol. The van der Waals surface area contributed by atoms with E-state index in [0.29, 0.717) is 6.42 Å². The molecule has 0 aliphatic carbocycles. The Labute approximate surface area is 129 Å². The van der Waals surface area contributed by atoms with Gasteiger partial charge in [-0.25, -0.2) is 0 Å². The molecule has 3 N–H and O–H groups in total. The average molecular weight is 321 g/mol. The maximum atomic E-state index is 11.5. The Bertz CT molecular complexity index is 368. The Morgan fingerprint density at radius 2 is 1.43 bits per heavy atom. The zero-order chi connectivity index (χ0) is 16.1. The minimum absolute atomic E-state index is 0.00487. The van der Waals surface area contributed by atoms with E-state index in [-0.39, 0.29) is 18.6 Å². The maximum absolute atomic E-state index is 11.5. The molecule has 0 aromatic rings. The van der Waals surface area contributed by atoms with Gasteiger partial charge in [-0.3, -0.25) is 9.35 Å². The zero-order valence-corrected chi connectivity index (χ0v) is 14.0. The van der Waals surface area contributed by atoms with Crippen molar-refractivity contribution in [2.45, 2.75) is 89.3 Å². The van der Waals surface area contributed by atoms with E-state index in [1.165, 1.54) is 38.5 Å². The summed E-state index contributed by atoms with van der Waals surface area (Å²) in [4.78, 5) is 11.5. The molecule has 6 heteroatoms. The highest BCUT2D eigenvalue weighted by molar-refractivity contribution is 7.86. The molecule has 126 valence electrons. The van der Waals surface area contributed by atoms with Crippen LogP contribution in [0.25, 0.3) is 0 Å². The van der Waals surface area contributed by atoms with Crippen molar-refractivity contribution in [1.82, 2.24) is 0 Å². The predicted octanol–water partition coefficient (Wildman–Crippen LogP) is 3.43. The van der Waals surface area contributed by atoms with Crippen LogP contribution in [0.2, 0.25) is 0 Å². The van der Waals surface area contributed by atoms with Crippen LogP contribution in [-0.2, 0) is 14.9 Å². The average Bonchev–Trinajstić information content (AvgIpc) is 2.41. The Morgan fingerprint density at radius 3 is 1.90 bits per heavy atom. The lowest BCUT2D eigenvalue weighted by atomic mass is 10.0. The summed E-state index contributed by atoms with van der Waals surface area (Å²) in [5.74, 6) is 0.0250. The molecule has 0 aliphatic rings. The van der Waals surface area contributed by atoms with Crippen molar-refractivity contribution in [2.75, 3.05) is 0 Å². The first-order chi connectivity index (χ1) is 9.88. The molecular weight excluding hydrogens is 290 g/mol. The van der Waals surface area contributed by atoms with Gasteiger partial charge in [-0.2, -0.15) is 8.42 Å². The summed E-state index contributed by atoms with van der Waals surface area (Å²) in [5, 5.41) is -1.34. The van der Waals surface area contributed by atoms with Gasteiger partial charge >= 0.3 is 0 Å². The normalized spacial score (nSPS) is 13.3. The summed E-state index contributed by atoms with van der Waals surface area (Å²) >= 11 is 0. The van der Waals surface area contributed by atoms with E-state index >= 15 is 0 Å². The summed E-state index contributed by atoms with van der Waals surface area (Å²) in [6, 6.07) is 0. The molecule has 0 radical (unpaired) electrons. The molecule has 0 aromatic carbocycles. The number of Topliss-reactive ketones (excluding diaryl/α,β-unsaturated/α-hetero) is 1. The van der Waals surface area contributed by atoms with Gasteiger partial charge in [0.25, 0.3) is 10.1 Å².